The number of nitrogens with zero attached hydrogens (tertiary/aromatic N) is 1. The second kappa shape index (κ2) is 9.30. The Morgan fingerprint density at radius 1 is 1.12 bits per heavy atom. The molecule has 0 fully saturated rings. The van der Waals surface area contributed by atoms with E-state index in [4.69, 9.17) is 15.2 Å². The minimum atomic E-state index is -0.681. The van der Waals surface area contributed by atoms with Gasteiger partial charge >= 0.3 is 0 Å². The van der Waals surface area contributed by atoms with E-state index < -0.39 is 6.04 Å². The Balaban J connectivity index is 0.00000312. The molecule has 6 heteroatoms. The number of carbonyl (C=O) groups excluding carboxylic acids is 1. The third kappa shape index (κ3) is 5.11. The zero-order valence-electron chi connectivity index (χ0n) is 15.0. The van der Waals surface area contributed by atoms with Crippen LogP contribution in [0.2, 0.25) is 0 Å². The molecule has 2 aromatic rings. The van der Waals surface area contributed by atoms with Crippen LogP contribution in [-0.2, 0) is 11.3 Å². The molecule has 1 unspecified atom stereocenters. The fraction of sp³-hybridized carbons (Fsp3) is 0.316. The number of hydrogen-bond acceptors (Lipinski definition) is 4. The van der Waals surface area contributed by atoms with Crippen molar-refractivity contribution >= 4 is 18.3 Å². The molecule has 0 saturated heterocycles. The van der Waals surface area contributed by atoms with Gasteiger partial charge in [0, 0.05) is 25.2 Å². The average molecular weight is 365 g/mol. The second-order valence-electron chi connectivity index (χ2n) is 5.76. The summed E-state index contributed by atoms with van der Waals surface area (Å²) in [7, 11) is 4.93. The van der Waals surface area contributed by atoms with Gasteiger partial charge in [-0.1, -0.05) is 29.8 Å². The van der Waals surface area contributed by atoms with Crippen molar-refractivity contribution < 1.29 is 14.3 Å². The number of hydrogen-bond donors (Lipinski definition) is 1. The lowest BCUT2D eigenvalue weighted by Gasteiger charge is -2.23. The lowest BCUT2D eigenvalue weighted by Crippen LogP contribution is -2.35. The fourth-order valence-corrected chi connectivity index (χ4v) is 2.47. The summed E-state index contributed by atoms with van der Waals surface area (Å²) < 4.78 is 10.6. The van der Waals surface area contributed by atoms with Crippen LogP contribution in [0.1, 0.15) is 22.7 Å². The summed E-state index contributed by atoms with van der Waals surface area (Å²) in [4.78, 5) is 14.2. The Bertz CT molecular complexity index is 704. The summed E-state index contributed by atoms with van der Waals surface area (Å²) >= 11 is 0. The maximum absolute atomic E-state index is 12.6. The van der Waals surface area contributed by atoms with Gasteiger partial charge in [-0.3, -0.25) is 4.79 Å². The number of nitrogens with two attached hydrogens (primary N) is 1. The first-order valence-electron chi connectivity index (χ1n) is 7.74. The molecule has 2 rings (SSSR count). The normalized spacial score (nSPS) is 11.2. The molecule has 0 aliphatic carbocycles. The summed E-state index contributed by atoms with van der Waals surface area (Å²) in [5.41, 5.74) is 8.95. The third-order valence-electron chi connectivity index (χ3n) is 3.98. The SMILES string of the molecule is COc1ccc(CN(C)C(=O)C(N)c2ccc(C)cc2)c(OC)c1.Cl. The molecule has 5 nitrogen and oxygen atoms in total. The summed E-state index contributed by atoms with van der Waals surface area (Å²) in [6.07, 6.45) is 0. The van der Waals surface area contributed by atoms with Gasteiger partial charge in [-0.05, 0) is 24.6 Å². The molecule has 0 aliphatic rings. The number of likely N-dealkylation sites (N-methyl/N-ethyl adjacent to an activating group) is 1. The van der Waals surface area contributed by atoms with Crippen molar-refractivity contribution in [3.63, 3.8) is 0 Å². The van der Waals surface area contributed by atoms with E-state index in [0.29, 0.717) is 18.0 Å². The number of ether oxygens (including phenoxy) is 2. The van der Waals surface area contributed by atoms with Crippen molar-refractivity contribution in [2.45, 2.75) is 19.5 Å². The molecule has 0 heterocycles. The van der Waals surface area contributed by atoms with E-state index in [1.807, 2.05) is 43.3 Å². The maximum Gasteiger partial charge on any atom is 0.244 e. The molecule has 2 N–H and O–H groups in total. The van der Waals surface area contributed by atoms with Gasteiger partial charge in [0.1, 0.15) is 17.5 Å². The Morgan fingerprint density at radius 2 is 1.76 bits per heavy atom. The molecule has 0 bridgehead atoms. The van der Waals surface area contributed by atoms with E-state index in [2.05, 4.69) is 0 Å². The predicted molar refractivity (Wildman–Crippen MR) is 101 cm³/mol. The minimum Gasteiger partial charge on any atom is -0.497 e. The van der Waals surface area contributed by atoms with Crippen molar-refractivity contribution in [1.82, 2.24) is 4.90 Å². The summed E-state index contributed by atoms with van der Waals surface area (Å²) in [5.74, 6) is 1.25. The molecule has 0 aromatic heterocycles. The number of carbonyl (C=O) groups is 1. The topological polar surface area (TPSA) is 64.8 Å². The predicted octanol–water partition coefficient (Wildman–Crippen LogP) is 3.09. The fourth-order valence-electron chi connectivity index (χ4n) is 2.47. The van der Waals surface area contributed by atoms with Gasteiger partial charge in [0.05, 0.1) is 14.2 Å². The molecule has 25 heavy (non-hydrogen) atoms. The third-order valence-corrected chi connectivity index (χ3v) is 3.98. The van der Waals surface area contributed by atoms with Gasteiger partial charge in [0.2, 0.25) is 5.91 Å². The first-order chi connectivity index (χ1) is 11.5. The van der Waals surface area contributed by atoms with Crippen LogP contribution in [0.15, 0.2) is 42.5 Å². The lowest BCUT2D eigenvalue weighted by atomic mass is 10.0. The maximum atomic E-state index is 12.6. The van der Waals surface area contributed by atoms with Gasteiger partial charge < -0.3 is 20.1 Å². The van der Waals surface area contributed by atoms with E-state index in [1.54, 1.807) is 32.2 Å². The van der Waals surface area contributed by atoms with Crippen molar-refractivity contribution in [3.8, 4) is 11.5 Å². The highest BCUT2D eigenvalue weighted by atomic mass is 35.5. The Labute approximate surface area is 155 Å². The Hall–Kier alpha value is -2.24. The van der Waals surface area contributed by atoms with E-state index in [1.165, 1.54) is 0 Å². The van der Waals surface area contributed by atoms with Crippen LogP contribution in [0, 0.1) is 6.92 Å². The largest absolute Gasteiger partial charge is 0.497 e. The lowest BCUT2D eigenvalue weighted by molar-refractivity contribution is -0.132. The van der Waals surface area contributed by atoms with E-state index in [9.17, 15) is 4.79 Å². The molecular weight excluding hydrogens is 340 g/mol. The van der Waals surface area contributed by atoms with Crippen molar-refractivity contribution in [3.05, 3.63) is 59.2 Å². The highest BCUT2D eigenvalue weighted by molar-refractivity contribution is 5.85. The number of halogens is 1. The monoisotopic (exact) mass is 364 g/mol. The zero-order valence-corrected chi connectivity index (χ0v) is 15.8. The van der Waals surface area contributed by atoms with Crippen LogP contribution in [-0.4, -0.2) is 32.1 Å². The average Bonchev–Trinajstić information content (AvgIpc) is 2.61. The van der Waals surface area contributed by atoms with Crippen molar-refractivity contribution in [1.29, 1.82) is 0 Å². The molecule has 0 saturated carbocycles. The van der Waals surface area contributed by atoms with Gasteiger partial charge in [-0.2, -0.15) is 0 Å². The van der Waals surface area contributed by atoms with E-state index in [-0.39, 0.29) is 18.3 Å². The smallest absolute Gasteiger partial charge is 0.244 e. The van der Waals surface area contributed by atoms with Crippen LogP contribution >= 0.6 is 12.4 Å². The summed E-state index contributed by atoms with van der Waals surface area (Å²) in [5, 5.41) is 0. The van der Waals surface area contributed by atoms with Gasteiger partial charge in [-0.15, -0.1) is 12.4 Å². The van der Waals surface area contributed by atoms with Crippen LogP contribution in [0.3, 0.4) is 0 Å². The van der Waals surface area contributed by atoms with Crippen LogP contribution in [0.5, 0.6) is 11.5 Å². The first-order valence-corrected chi connectivity index (χ1v) is 7.74. The molecule has 1 atom stereocenters. The van der Waals surface area contributed by atoms with E-state index >= 15 is 0 Å². The number of methoxy groups -OCH3 is 2. The zero-order chi connectivity index (χ0) is 17.7. The van der Waals surface area contributed by atoms with Crippen LogP contribution in [0.25, 0.3) is 0 Å². The van der Waals surface area contributed by atoms with Crippen molar-refractivity contribution in [2.75, 3.05) is 21.3 Å². The van der Waals surface area contributed by atoms with Gasteiger partial charge in [0.25, 0.3) is 0 Å². The molecule has 2 aromatic carbocycles. The highest BCUT2D eigenvalue weighted by Crippen LogP contribution is 2.26. The standard InChI is InChI=1S/C19H24N2O3.ClH/c1-13-5-7-14(8-6-13)18(20)19(22)21(2)12-15-9-10-16(23-3)11-17(15)24-4;/h5-11,18H,12,20H2,1-4H3;1H. The Morgan fingerprint density at radius 3 is 2.32 bits per heavy atom. The molecule has 0 spiro atoms. The quantitative estimate of drug-likeness (QED) is 0.855. The van der Waals surface area contributed by atoms with Crippen LogP contribution < -0.4 is 15.2 Å². The first kappa shape index (κ1) is 20.8. The molecular formula is C19H25ClN2O3. The molecule has 0 radical (unpaired) electrons. The van der Waals surface area contributed by atoms with E-state index in [0.717, 1.165) is 16.7 Å². The minimum absolute atomic E-state index is 0. The molecule has 136 valence electrons. The van der Waals surface area contributed by atoms with Gasteiger partial charge in [-0.25, -0.2) is 0 Å². The summed E-state index contributed by atoms with van der Waals surface area (Å²) in [6.45, 7) is 2.41. The second-order valence-corrected chi connectivity index (χ2v) is 5.76. The van der Waals surface area contributed by atoms with Crippen molar-refractivity contribution in [2.24, 2.45) is 5.73 Å². The number of benzene rings is 2. The molecule has 1 amide bonds. The Kier molecular flexibility index (Phi) is 7.74. The number of amides is 1. The van der Waals surface area contributed by atoms with Crippen LogP contribution in [0.4, 0.5) is 0 Å². The van der Waals surface area contributed by atoms with Gasteiger partial charge in [0.15, 0.2) is 0 Å². The number of rotatable bonds is 6. The molecule has 0 aliphatic heterocycles. The highest BCUT2D eigenvalue weighted by Gasteiger charge is 2.21. The number of aryl methyl sites for hydroxylation is 1. The summed E-state index contributed by atoms with van der Waals surface area (Å²) in [6, 6.07) is 12.5.